The van der Waals surface area contributed by atoms with Crippen molar-refractivity contribution in [3.8, 4) is 0 Å². The molecule has 0 aliphatic rings. The number of hydrogen-bond donors (Lipinski definition) is 2. The number of carbonyl (C=O) groups is 2. The van der Waals surface area contributed by atoms with Crippen LogP contribution in [0.2, 0.25) is 0 Å². The Bertz CT molecular complexity index is 938. The van der Waals surface area contributed by atoms with Gasteiger partial charge in [-0.25, -0.2) is 13.1 Å². The largest absolute Gasteiger partial charge is 0.452 e. The van der Waals surface area contributed by atoms with Crippen molar-refractivity contribution in [3.63, 3.8) is 0 Å². The van der Waals surface area contributed by atoms with E-state index in [2.05, 4.69) is 10.0 Å². The highest BCUT2D eigenvalue weighted by molar-refractivity contribution is 7.92. The van der Waals surface area contributed by atoms with Gasteiger partial charge in [0.05, 0.1) is 0 Å². The molecule has 0 saturated carbocycles. The van der Waals surface area contributed by atoms with Gasteiger partial charge in [-0.1, -0.05) is 48.0 Å². The van der Waals surface area contributed by atoms with Crippen LogP contribution in [0.4, 0.5) is 5.69 Å². The molecule has 2 aromatic carbocycles. The van der Waals surface area contributed by atoms with Crippen molar-refractivity contribution in [2.45, 2.75) is 20.0 Å². The summed E-state index contributed by atoms with van der Waals surface area (Å²) in [5.74, 6) is -1.37. The van der Waals surface area contributed by atoms with Crippen LogP contribution in [0, 0.1) is 6.92 Å². The topological polar surface area (TPSA) is 102 Å². The second-order valence-corrected chi connectivity index (χ2v) is 7.72. The molecule has 2 N–H and O–H groups in total. The summed E-state index contributed by atoms with van der Waals surface area (Å²) in [6.07, 6.45) is 0.337. The molecule has 0 aliphatic carbocycles. The Morgan fingerprint density at radius 2 is 1.71 bits per heavy atom. The Labute approximate surface area is 164 Å². The lowest BCUT2D eigenvalue weighted by Gasteiger charge is -2.13. The molecule has 0 heterocycles. The summed E-state index contributed by atoms with van der Waals surface area (Å²) in [4.78, 5) is 23.9. The van der Waals surface area contributed by atoms with Crippen molar-refractivity contribution < 1.29 is 22.7 Å². The third kappa shape index (κ3) is 7.34. The van der Waals surface area contributed by atoms with Gasteiger partial charge in [0.1, 0.15) is 6.54 Å². The number of amides is 1. The highest BCUT2D eigenvalue weighted by Crippen LogP contribution is 2.09. The lowest BCUT2D eigenvalue weighted by Crippen LogP contribution is -2.35. The number of hydrogen-bond acceptors (Lipinski definition) is 5. The van der Waals surface area contributed by atoms with E-state index in [1.165, 1.54) is 13.0 Å². The number of benzene rings is 2. The molecule has 28 heavy (non-hydrogen) atoms. The molecular formula is C20H22N2O5S. The van der Waals surface area contributed by atoms with Crippen LogP contribution >= 0.6 is 0 Å². The Balaban J connectivity index is 1.81. The van der Waals surface area contributed by atoms with Gasteiger partial charge >= 0.3 is 5.97 Å². The maximum absolute atomic E-state index is 12.1. The first-order valence-electron chi connectivity index (χ1n) is 8.55. The van der Waals surface area contributed by atoms with Gasteiger partial charge in [0.15, 0.2) is 6.10 Å². The average molecular weight is 402 g/mol. The van der Waals surface area contributed by atoms with Gasteiger partial charge in [-0.3, -0.25) is 9.59 Å². The maximum Gasteiger partial charge on any atom is 0.321 e. The van der Waals surface area contributed by atoms with Gasteiger partial charge in [0.2, 0.25) is 10.0 Å². The number of nitrogens with one attached hydrogen (secondary N) is 2. The Hall–Kier alpha value is -2.97. The van der Waals surface area contributed by atoms with Gasteiger partial charge in [-0.2, -0.15) is 0 Å². The minimum atomic E-state index is -3.82. The summed E-state index contributed by atoms with van der Waals surface area (Å²) in [5.41, 5.74) is 2.33. The van der Waals surface area contributed by atoms with Crippen LogP contribution < -0.4 is 10.0 Å². The number of aryl methyl sites for hydroxylation is 1. The van der Waals surface area contributed by atoms with Gasteiger partial charge in [-0.15, -0.1) is 0 Å². The van der Waals surface area contributed by atoms with Crippen LogP contribution in [-0.4, -0.2) is 32.9 Å². The third-order valence-electron chi connectivity index (χ3n) is 3.65. The predicted molar refractivity (Wildman–Crippen MR) is 108 cm³/mol. The van der Waals surface area contributed by atoms with E-state index in [1.54, 1.807) is 36.4 Å². The van der Waals surface area contributed by atoms with Crippen molar-refractivity contribution >= 4 is 33.7 Å². The van der Waals surface area contributed by atoms with Crippen LogP contribution in [0.1, 0.15) is 18.1 Å². The third-order valence-corrected chi connectivity index (χ3v) is 4.69. The zero-order valence-electron chi connectivity index (χ0n) is 15.6. The second-order valence-electron chi connectivity index (χ2n) is 6.07. The predicted octanol–water partition coefficient (Wildman–Crippen LogP) is 2.46. The fraction of sp³-hybridized carbons (Fsp3) is 0.200. The minimum absolute atomic E-state index is 0.510. The molecule has 0 bridgehead atoms. The number of sulfonamides is 1. The van der Waals surface area contributed by atoms with E-state index in [-0.39, 0.29) is 0 Å². The Morgan fingerprint density at radius 1 is 1.07 bits per heavy atom. The summed E-state index contributed by atoms with van der Waals surface area (Å²) in [6.45, 7) is 2.75. The number of anilines is 1. The van der Waals surface area contributed by atoms with Crippen LogP contribution in [0.5, 0.6) is 0 Å². The highest BCUT2D eigenvalue weighted by atomic mass is 32.2. The summed E-state index contributed by atoms with van der Waals surface area (Å²) in [7, 11) is -3.82. The van der Waals surface area contributed by atoms with E-state index in [9.17, 15) is 18.0 Å². The lowest BCUT2D eigenvalue weighted by molar-refractivity contribution is -0.151. The minimum Gasteiger partial charge on any atom is -0.452 e. The summed E-state index contributed by atoms with van der Waals surface area (Å²) < 4.78 is 30.9. The number of carbonyl (C=O) groups excluding carboxylic acids is 2. The fourth-order valence-corrected chi connectivity index (χ4v) is 2.86. The summed E-state index contributed by atoms with van der Waals surface area (Å²) >= 11 is 0. The summed E-state index contributed by atoms with van der Waals surface area (Å²) in [5, 5.41) is 3.58. The van der Waals surface area contributed by atoms with Crippen LogP contribution in [-0.2, 0) is 24.3 Å². The molecule has 2 aromatic rings. The van der Waals surface area contributed by atoms with Gasteiger partial charge < -0.3 is 10.1 Å². The van der Waals surface area contributed by atoms with Crippen molar-refractivity contribution in [2.24, 2.45) is 0 Å². The van der Waals surface area contributed by atoms with Crippen LogP contribution in [0.15, 0.2) is 60.0 Å². The first-order valence-corrected chi connectivity index (χ1v) is 10.1. The normalized spacial score (nSPS) is 12.5. The van der Waals surface area contributed by atoms with E-state index >= 15 is 0 Å². The lowest BCUT2D eigenvalue weighted by atomic mass is 10.2. The zero-order valence-corrected chi connectivity index (χ0v) is 16.4. The van der Waals surface area contributed by atoms with E-state index < -0.39 is 34.5 Å². The van der Waals surface area contributed by atoms with E-state index in [0.717, 1.165) is 11.0 Å². The molecule has 0 saturated heterocycles. The average Bonchev–Trinajstić information content (AvgIpc) is 2.67. The molecule has 0 aliphatic heterocycles. The van der Waals surface area contributed by atoms with Gasteiger partial charge in [0.25, 0.3) is 5.91 Å². The molecule has 148 valence electrons. The maximum atomic E-state index is 12.1. The number of ether oxygens (including phenoxy) is 1. The molecule has 7 nitrogen and oxygen atoms in total. The molecule has 1 amide bonds. The molecule has 0 fully saturated rings. The molecule has 2 rings (SSSR count). The molecule has 1 unspecified atom stereocenters. The van der Waals surface area contributed by atoms with Crippen molar-refractivity contribution in [2.75, 3.05) is 11.9 Å². The van der Waals surface area contributed by atoms with Gasteiger partial charge in [-0.05, 0) is 37.6 Å². The van der Waals surface area contributed by atoms with Crippen LogP contribution in [0.3, 0.4) is 0 Å². The second kappa shape index (κ2) is 9.82. The number of esters is 1. The molecule has 0 spiro atoms. The van der Waals surface area contributed by atoms with Crippen LogP contribution in [0.25, 0.3) is 6.08 Å². The SMILES string of the molecule is Cc1ccc(NC(=O)C(C)OC(=O)CNS(=O)(=O)/C=C/c2ccccc2)cc1. The molecular weight excluding hydrogens is 380 g/mol. The van der Waals surface area contributed by atoms with Crippen molar-refractivity contribution in [1.29, 1.82) is 0 Å². The standard InChI is InChI=1S/C20H22N2O5S/c1-15-8-10-18(11-9-15)22-20(24)16(2)27-19(23)14-21-28(25,26)13-12-17-6-4-3-5-7-17/h3-13,16,21H,14H2,1-2H3,(H,22,24)/b13-12+. The van der Waals surface area contributed by atoms with E-state index in [0.29, 0.717) is 11.3 Å². The van der Waals surface area contributed by atoms with E-state index in [4.69, 9.17) is 4.74 Å². The highest BCUT2D eigenvalue weighted by Gasteiger charge is 2.19. The number of rotatable bonds is 8. The Kier molecular flexibility index (Phi) is 7.48. The summed E-state index contributed by atoms with van der Waals surface area (Å²) in [6, 6.07) is 16.0. The molecule has 0 aromatic heterocycles. The smallest absolute Gasteiger partial charge is 0.321 e. The first-order chi connectivity index (χ1) is 13.2. The molecule has 1 atom stereocenters. The zero-order chi connectivity index (χ0) is 20.6. The van der Waals surface area contributed by atoms with Crippen molar-refractivity contribution in [1.82, 2.24) is 4.72 Å². The monoisotopic (exact) mass is 402 g/mol. The van der Waals surface area contributed by atoms with Gasteiger partial charge in [0, 0.05) is 11.1 Å². The van der Waals surface area contributed by atoms with E-state index in [1.807, 2.05) is 25.1 Å². The molecule has 0 radical (unpaired) electrons. The molecule has 8 heteroatoms. The first kappa shape index (κ1) is 21.3. The van der Waals surface area contributed by atoms with Crippen molar-refractivity contribution in [3.05, 3.63) is 71.1 Å². The Morgan fingerprint density at radius 3 is 2.36 bits per heavy atom. The quantitative estimate of drug-likeness (QED) is 0.661. The fourth-order valence-electron chi connectivity index (χ4n) is 2.11.